The molecule has 1 aromatic rings. The van der Waals surface area contributed by atoms with Crippen LogP contribution in [0.4, 0.5) is 0 Å². The predicted octanol–water partition coefficient (Wildman–Crippen LogP) is 0.643. The van der Waals surface area contributed by atoms with Gasteiger partial charge in [-0.15, -0.1) is 0 Å². The fraction of sp³-hybridized carbons (Fsp3) is 0.538. The van der Waals surface area contributed by atoms with Crippen LogP contribution in [0.3, 0.4) is 0 Å². The van der Waals surface area contributed by atoms with Gasteiger partial charge >= 0.3 is 5.97 Å². The van der Waals surface area contributed by atoms with Crippen molar-refractivity contribution in [2.45, 2.75) is 25.9 Å². The van der Waals surface area contributed by atoms with Crippen LogP contribution in [0.15, 0.2) is 18.3 Å². The molecule has 1 aromatic heterocycles. The number of carboxylic acids is 1. The average molecular weight is 267 g/mol. The zero-order chi connectivity index (χ0) is 14.6. The fourth-order valence-corrected chi connectivity index (χ4v) is 1.45. The molecule has 0 saturated carbocycles. The van der Waals surface area contributed by atoms with Crippen molar-refractivity contribution in [3.05, 3.63) is 24.0 Å². The van der Waals surface area contributed by atoms with Crippen LogP contribution in [-0.4, -0.2) is 52.6 Å². The molecular weight excluding hydrogens is 246 g/mol. The first-order valence-corrected chi connectivity index (χ1v) is 6.06. The van der Waals surface area contributed by atoms with Gasteiger partial charge in [0.25, 0.3) is 5.91 Å². The minimum absolute atomic E-state index is 0.167. The van der Waals surface area contributed by atoms with Crippen LogP contribution in [0.25, 0.3) is 0 Å². The van der Waals surface area contributed by atoms with E-state index in [0.29, 0.717) is 12.2 Å². The van der Waals surface area contributed by atoms with E-state index in [0.717, 1.165) is 0 Å². The molecule has 1 heterocycles. The molecule has 106 valence electrons. The zero-order valence-corrected chi connectivity index (χ0v) is 11.8. The summed E-state index contributed by atoms with van der Waals surface area (Å²) in [4.78, 5) is 24.7. The number of aliphatic carboxylic acids is 1. The Morgan fingerprint density at radius 3 is 2.58 bits per heavy atom. The van der Waals surface area contributed by atoms with Gasteiger partial charge in [-0.3, -0.25) is 9.59 Å². The van der Waals surface area contributed by atoms with E-state index in [9.17, 15) is 9.59 Å². The highest BCUT2D eigenvalue weighted by molar-refractivity contribution is 5.93. The van der Waals surface area contributed by atoms with Crippen molar-refractivity contribution < 1.29 is 14.7 Å². The molecule has 0 unspecified atom stereocenters. The van der Waals surface area contributed by atoms with Crippen LogP contribution in [0.1, 0.15) is 24.3 Å². The molecule has 1 rings (SSSR count). The van der Waals surface area contributed by atoms with Gasteiger partial charge in [-0.1, -0.05) is 0 Å². The lowest BCUT2D eigenvalue weighted by molar-refractivity contribution is -0.137. The summed E-state index contributed by atoms with van der Waals surface area (Å²) < 4.78 is 1.42. The Morgan fingerprint density at radius 2 is 2.05 bits per heavy atom. The second kappa shape index (κ2) is 5.88. The number of aromatic nitrogens is 1. The van der Waals surface area contributed by atoms with Crippen molar-refractivity contribution in [3.63, 3.8) is 0 Å². The van der Waals surface area contributed by atoms with Gasteiger partial charge in [-0.25, -0.2) is 0 Å². The molecule has 6 nitrogen and oxygen atoms in total. The number of carbonyl (C=O) groups is 2. The van der Waals surface area contributed by atoms with E-state index >= 15 is 0 Å². The second-order valence-corrected chi connectivity index (χ2v) is 5.30. The molecule has 0 saturated heterocycles. The zero-order valence-electron chi connectivity index (χ0n) is 11.8. The van der Waals surface area contributed by atoms with Crippen molar-refractivity contribution >= 4 is 11.9 Å². The van der Waals surface area contributed by atoms with Crippen molar-refractivity contribution in [2.75, 3.05) is 20.6 Å². The van der Waals surface area contributed by atoms with Crippen molar-refractivity contribution in [1.29, 1.82) is 0 Å². The third kappa shape index (κ3) is 4.10. The van der Waals surface area contributed by atoms with E-state index < -0.39 is 5.97 Å². The summed E-state index contributed by atoms with van der Waals surface area (Å²) in [6.45, 7) is 4.30. The van der Waals surface area contributed by atoms with Gasteiger partial charge in [0.15, 0.2) is 0 Å². The molecule has 6 heteroatoms. The van der Waals surface area contributed by atoms with E-state index in [-0.39, 0.29) is 18.0 Å². The number of nitrogens with zero attached hydrogens (tertiary/aromatic N) is 2. The molecule has 0 atom stereocenters. The van der Waals surface area contributed by atoms with Crippen LogP contribution in [0.2, 0.25) is 0 Å². The Bertz CT molecular complexity index is 463. The Kier molecular flexibility index (Phi) is 4.72. The van der Waals surface area contributed by atoms with Crippen molar-refractivity contribution in [1.82, 2.24) is 14.8 Å². The maximum atomic E-state index is 12.0. The number of hydrogen-bond acceptors (Lipinski definition) is 3. The standard InChI is InChI=1S/C13H21N3O3/c1-13(2,15(3)4)9-14-12(19)10-6-5-7-16(10)8-11(17)18/h5-7H,8-9H2,1-4H3,(H,14,19)(H,17,18). The Balaban J connectivity index is 2.69. The lowest BCUT2D eigenvalue weighted by atomic mass is 10.0. The number of amides is 1. The fourth-order valence-electron chi connectivity index (χ4n) is 1.45. The highest BCUT2D eigenvalue weighted by atomic mass is 16.4. The first-order chi connectivity index (χ1) is 8.74. The molecule has 0 spiro atoms. The molecule has 0 aliphatic heterocycles. The SMILES string of the molecule is CN(C)C(C)(C)CNC(=O)c1cccn1CC(=O)O. The number of likely N-dealkylation sites (N-methyl/N-ethyl adjacent to an activating group) is 1. The van der Waals surface area contributed by atoms with Crippen LogP contribution in [0, 0.1) is 0 Å². The van der Waals surface area contributed by atoms with Gasteiger partial charge in [-0.2, -0.15) is 0 Å². The van der Waals surface area contributed by atoms with Gasteiger partial charge in [0.2, 0.25) is 0 Å². The van der Waals surface area contributed by atoms with E-state index in [1.54, 1.807) is 18.3 Å². The summed E-state index contributed by atoms with van der Waals surface area (Å²) in [6.07, 6.45) is 1.58. The Labute approximate surface area is 113 Å². The Morgan fingerprint density at radius 1 is 1.42 bits per heavy atom. The maximum absolute atomic E-state index is 12.0. The van der Waals surface area contributed by atoms with Gasteiger partial charge < -0.3 is 19.9 Å². The molecule has 0 radical (unpaired) electrons. The van der Waals surface area contributed by atoms with Gasteiger partial charge in [0.1, 0.15) is 12.2 Å². The first kappa shape index (κ1) is 15.2. The van der Waals surface area contributed by atoms with Crippen LogP contribution >= 0.6 is 0 Å². The largest absolute Gasteiger partial charge is 0.480 e. The summed E-state index contributed by atoms with van der Waals surface area (Å²) in [6, 6.07) is 3.27. The number of hydrogen-bond donors (Lipinski definition) is 2. The summed E-state index contributed by atoms with van der Waals surface area (Å²) >= 11 is 0. The highest BCUT2D eigenvalue weighted by Crippen LogP contribution is 2.09. The normalized spacial score (nSPS) is 11.6. The molecule has 1 amide bonds. The summed E-state index contributed by atoms with van der Waals surface area (Å²) in [5, 5.41) is 11.6. The third-order valence-corrected chi connectivity index (χ3v) is 3.26. The monoisotopic (exact) mass is 267 g/mol. The number of carbonyl (C=O) groups excluding carboxylic acids is 1. The minimum atomic E-state index is -0.973. The van der Waals surface area contributed by atoms with Crippen molar-refractivity contribution in [2.24, 2.45) is 0 Å². The summed E-state index contributed by atoms with van der Waals surface area (Å²) in [5.74, 6) is -1.24. The number of carboxylic acid groups (broad SMARTS) is 1. The van der Waals surface area contributed by atoms with E-state index in [4.69, 9.17) is 5.11 Å². The first-order valence-electron chi connectivity index (χ1n) is 6.06. The molecule has 2 N–H and O–H groups in total. The van der Waals surface area contributed by atoms with E-state index in [1.165, 1.54) is 4.57 Å². The predicted molar refractivity (Wildman–Crippen MR) is 72.2 cm³/mol. The van der Waals surface area contributed by atoms with Crippen LogP contribution < -0.4 is 5.32 Å². The highest BCUT2D eigenvalue weighted by Gasteiger charge is 2.22. The Hall–Kier alpha value is -1.82. The van der Waals surface area contributed by atoms with Gasteiger partial charge in [-0.05, 0) is 40.1 Å². The van der Waals surface area contributed by atoms with E-state index in [1.807, 2.05) is 32.8 Å². The molecule has 0 bridgehead atoms. The topological polar surface area (TPSA) is 74.6 Å². The minimum Gasteiger partial charge on any atom is -0.480 e. The molecule has 19 heavy (non-hydrogen) atoms. The molecule has 0 aliphatic carbocycles. The summed E-state index contributed by atoms with van der Waals surface area (Å²) in [7, 11) is 3.89. The maximum Gasteiger partial charge on any atom is 0.323 e. The molecule has 0 aromatic carbocycles. The second-order valence-electron chi connectivity index (χ2n) is 5.30. The lowest BCUT2D eigenvalue weighted by Crippen LogP contribution is -2.48. The molecule has 0 aliphatic rings. The smallest absolute Gasteiger partial charge is 0.323 e. The van der Waals surface area contributed by atoms with E-state index in [2.05, 4.69) is 5.32 Å². The lowest BCUT2D eigenvalue weighted by Gasteiger charge is -2.32. The average Bonchev–Trinajstić information content (AvgIpc) is 2.73. The number of rotatable bonds is 6. The molecule has 0 fully saturated rings. The van der Waals surface area contributed by atoms with Crippen LogP contribution in [0.5, 0.6) is 0 Å². The number of nitrogens with one attached hydrogen (secondary N) is 1. The summed E-state index contributed by atoms with van der Waals surface area (Å²) in [5.41, 5.74) is 0.192. The quantitative estimate of drug-likeness (QED) is 0.793. The molecular formula is C13H21N3O3. The van der Waals surface area contributed by atoms with Gasteiger partial charge in [0, 0.05) is 18.3 Å². The van der Waals surface area contributed by atoms with Crippen LogP contribution in [-0.2, 0) is 11.3 Å². The van der Waals surface area contributed by atoms with Gasteiger partial charge in [0.05, 0.1) is 0 Å². The van der Waals surface area contributed by atoms with Crippen molar-refractivity contribution in [3.8, 4) is 0 Å². The third-order valence-electron chi connectivity index (χ3n) is 3.26.